The summed E-state index contributed by atoms with van der Waals surface area (Å²) in [4.78, 5) is 2.30. The highest BCUT2D eigenvalue weighted by molar-refractivity contribution is 6.30. The second-order valence-corrected chi connectivity index (χ2v) is 4.99. The third-order valence-corrected chi connectivity index (χ3v) is 3.15. The van der Waals surface area contributed by atoms with E-state index < -0.39 is 0 Å². The Bertz CT molecular complexity index is 336. The number of hydrogen-bond donors (Lipinski definition) is 1. The first-order valence-electron chi connectivity index (χ1n) is 5.98. The van der Waals surface area contributed by atoms with Gasteiger partial charge in [-0.15, -0.1) is 0 Å². The number of nitrogens with zero attached hydrogens (tertiary/aromatic N) is 1. The van der Waals surface area contributed by atoms with Crippen LogP contribution < -0.4 is 5.32 Å². The maximum atomic E-state index is 5.86. The van der Waals surface area contributed by atoms with Crippen LogP contribution in [0.3, 0.4) is 0 Å². The smallest absolute Gasteiger partial charge is 0.0632 e. The van der Waals surface area contributed by atoms with Crippen LogP contribution in [0.1, 0.15) is 5.56 Å². The van der Waals surface area contributed by atoms with Crippen LogP contribution in [-0.4, -0.2) is 44.3 Å². The molecule has 1 aromatic carbocycles. The topological polar surface area (TPSA) is 24.5 Å². The molecule has 1 heterocycles. The Morgan fingerprint density at radius 2 is 2.18 bits per heavy atom. The molecule has 0 saturated carbocycles. The third kappa shape index (κ3) is 4.28. The zero-order chi connectivity index (χ0) is 12.1. The molecule has 2 rings (SSSR count). The van der Waals surface area contributed by atoms with E-state index in [0.29, 0.717) is 6.04 Å². The minimum atomic E-state index is 0.445. The minimum absolute atomic E-state index is 0.445. The number of morpholine rings is 1. The van der Waals surface area contributed by atoms with E-state index in [1.807, 2.05) is 12.1 Å². The highest BCUT2D eigenvalue weighted by Gasteiger charge is 2.14. The molecule has 1 unspecified atom stereocenters. The van der Waals surface area contributed by atoms with Crippen molar-refractivity contribution in [1.82, 2.24) is 10.2 Å². The molecule has 0 spiro atoms. The van der Waals surface area contributed by atoms with E-state index in [1.54, 1.807) is 0 Å². The van der Waals surface area contributed by atoms with Crippen LogP contribution in [0.15, 0.2) is 24.3 Å². The van der Waals surface area contributed by atoms with Crippen molar-refractivity contribution in [2.75, 3.05) is 33.4 Å². The van der Waals surface area contributed by atoms with Gasteiger partial charge in [0.05, 0.1) is 13.2 Å². The van der Waals surface area contributed by atoms with Crippen molar-refractivity contribution in [3.63, 3.8) is 0 Å². The molecule has 1 N–H and O–H groups in total. The van der Waals surface area contributed by atoms with E-state index in [0.717, 1.165) is 37.9 Å². The van der Waals surface area contributed by atoms with Gasteiger partial charge < -0.3 is 15.0 Å². The Morgan fingerprint density at radius 1 is 1.41 bits per heavy atom. The fraction of sp³-hybridized carbons (Fsp3) is 0.538. The molecule has 17 heavy (non-hydrogen) atoms. The zero-order valence-corrected chi connectivity index (χ0v) is 10.9. The first-order valence-corrected chi connectivity index (χ1v) is 6.36. The molecule has 0 aromatic heterocycles. The van der Waals surface area contributed by atoms with Gasteiger partial charge in [0.2, 0.25) is 0 Å². The number of ether oxygens (including phenoxy) is 1. The molecule has 0 amide bonds. The van der Waals surface area contributed by atoms with Gasteiger partial charge in [-0.3, -0.25) is 0 Å². The van der Waals surface area contributed by atoms with Crippen LogP contribution in [0, 0.1) is 0 Å². The van der Waals surface area contributed by atoms with Crippen LogP contribution in [0.4, 0.5) is 0 Å². The van der Waals surface area contributed by atoms with Crippen LogP contribution >= 0.6 is 11.6 Å². The van der Waals surface area contributed by atoms with E-state index >= 15 is 0 Å². The molecule has 3 nitrogen and oxygen atoms in total. The lowest BCUT2D eigenvalue weighted by atomic mass is 10.2. The van der Waals surface area contributed by atoms with Gasteiger partial charge in [0, 0.05) is 30.7 Å². The molecule has 1 aromatic rings. The van der Waals surface area contributed by atoms with Gasteiger partial charge in [0.15, 0.2) is 0 Å². The Balaban J connectivity index is 1.79. The molecule has 94 valence electrons. The van der Waals surface area contributed by atoms with Crippen molar-refractivity contribution in [1.29, 1.82) is 0 Å². The number of nitrogens with one attached hydrogen (secondary N) is 1. The van der Waals surface area contributed by atoms with Crippen LogP contribution in [-0.2, 0) is 11.3 Å². The van der Waals surface area contributed by atoms with Gasteiger partial charge in [-0.05, 0) is 24.7 Å². The van der Waals surface area contributed by atoms with Gasteiger partial charge in [-0.25, -0.2) is 0 Å². The maximum Gasteiger partial charge on any atom is 0.0632 e. The fourth-order valence-electron chi connectivity index (χ4n) is 2.08. The van der Waals surface area contributed by atoms with Gasteiger partial charge in [0.1, 0.15) is 0 Å². The first kappa shape index (κ1) is 12.8. The summed E-state index contributed by atoms with van der Waals surface area (Å²) in [5, 5.41) is 4.25. The maximum absolute atomic E-state index is 5.86. The monoisotopic (exact) mass is 254 g/mol. The zero-order valence-electron chi connectivity index (χ0n) is 10.2. The van der Waals surface area contributed by atoms with Gasteiger partial charge >= 0.3 is 0 Å². The van der Waals surface area contributed by atoms with Crippen LogP contribution in [0.25, 0.3) is 0 Å². The molecular formula is C13H19ClN2O. The Labute approximate surface area is 108 Å². The number of likely N-dealkylation sites (N-methyl/N-ethyl adjacent to an activating group) is 1. The average Bonchev–Trinajstić information content (AvgIpc) is 2.33. The summed E-state index contributed by atoms with van der Waals surface area (Å²) in [5.41, 5.74) is 1.29. The molecule has 1 aliphatic heterocycles. The van der Waals surface area contributed by atoms with E-state index in [9.17, 15) is 0 Å². The highest BCUT2D eigenvalue weighted by atomic mass is 35.5. The Hall–Kier alpha value is -0.610. The lowest BCUT2D eigenvalue weighted by molar-refractivity contribution is 0.0645. The summed E-state index contributed by atoms with van der Waals surface area (Å²) in [6.45, 7) is 4.54. The predicted octanol–water partition coefficient (Wildman–Crippen LogP) is 1.76. The number of benzene rings is 1. The summed E-state index contributed by atoms with van der Waals surface area (Å²) >= 11 is 5.86. The molecule has 1 atom stereocenters. The molecule has 0 bridgehead atoms. The van der Waals surface area contributed by atoms with Gasteiger partial charge in [0.25, 0.3) is 0 Å². The summed E-state index contributed by atoms with van der Waals surface area (Å²) in [6, 6.07) is 8.47. The molecule has 0 aliphatic carbocycles. The molecule has 1 aliphatic rings. The van der Waals surface area contributed by atoms with Crippen molar-refractivity contribution >= 4 is 11.6 Å². The fourth-order valence-corrected chi connectivity index (χ4v) is 2.21. The van der Waals surface area contributed by atoms with E-state index in [1.165, 1.54) is 5.56 Å². The number of hydrogen-bond acceptors (Lipinski definition) is 3. The van der Waals surface area contributed by atoms with Crippen molar-refractivity contribution in [2.24, 2.45) is 0 Å². The lowest BCUT2D eigenvalue weighted by Crippen LogP contribution is -2.47. The van der Waals surface area contributed by atoms with Crippen molar-refractivity contribution in [3.8, 4) is 0 Å². The van der Waals surface area contributed by atoms with Crippen molar-refractivity contribution in [3.05, 3.63) is 34.9 Å². The second kappa shape index (κ2) is 6.36. The molecule has 1 saturated heterocycles. The van der Waals surface area contributed by atoms with Crippen molar-refractivity contribution in [2.45, 2.75) is 12.6 Å². The quantitative estimate of drug-likeness (QED) is 0.886. The standard InChI is InChI=1S/C13H19ClN2O/c1-16(9-13-10-17-7-6-15-13)8-11-2-4-12(14)5-3-11/h2-5,13,15H,6-10H2,1H3. The van der Waals surface area contributed by atoms with Crippen LogP contribution in [0.2, 0.25) is 5.02 Å². The summed E-state index contributed by atoms with van der Waals surface area (Å²) in [6.07, 6.45) is 0. The van der Waals surface area contributed by atoms with Gasteiger partial charge in [-0.1, -0.05) is 23.7 Å². The second-order valence-electron chi connectivity index (χ2n) is 4.55. The van der Waals surface area contributed by atoms with Crippen LogP contribution in [0.5, 0.6) is 0 Å². The highest BCUT2D eigenvalue weighted by Crippen LogP contribution is 2.11. The predicted molar refractivity (Wildman–Crippen MR) is 70.4 cm³/mol. The Morgan fingerprint density at radius 3 is 2.82 bits per heavy atom. The normalized spacial score (nSPS) is 20.8. The SMILES string of the molecule is CN(Cc1ccc(Cl)cc1)CC1COCCN1. The number of halogens is 1. The average molecular weight is 255 g/mol. The van der Waals surface area contributed by atoms with Gasteiger partial charge in [-0.2, -0.15) is 0 Å². The van der Waals surface area contributed by atoms with E-state index in [4.69, 9.17) is 16.3 Å². The molecule has 4 heteroatoms. The van der Waals surface area contributed by atoms with Crippen molar-refractivity contribution < 1.29 is 4.74 Å². The molecular weight excluding hydrogens is 236 g/mol. The summed E-state index contributed by atoms with van der Waals surface area (Å²) < 4.78 is 5.44. The molecule has 0 radical (unpaired) electrons. The summed E-state index contributed by atoms with van der Waals surface area (Å²) in [5.74, 6) is 0. The number of rotatable bonds is 4. The van der Waals surface area contributed by atoms with E-state index in [-0.39, 0.29) is 0 Å². The largest absolute Gasteiger partial charge is 0.378 e. The molecule has 1 fully saturated rings. The minimum Gasteiger partial charge on any atom is -0.378 e. The summed E-state index contributed by atoms with van der Waals surface area (Å²) in [7, 11) is 2.13. The lowest BCUT2D eigenvalue weighted by Gasteiger charge is -2.28. The third-order valence-electron chi connectivity index (χ3n) is 2.90. The van der Waals surface area contributed by atoms with E-state index in [2.05, 4.69) is 29.4 Å². The Kier molecular flexibility index (Phi) is 4.80. The first-order chi connectivity index (χ1) is 8.24.